The number of aliphatic hydroxyl groups is 1. The second kappa shape index (κ2) is 9.03. The molecule has 2 heterocycles. The molecule has 1 N–H and O–H groups in total. The number of hydrogen-bond acceptors (Lipinski definition) is 6. The minimum absolute atomic E-state index is 0.0383. The monoisotopic (exact) mass is 461 g/mol. The van der Waals surface area contributed by atoms with Crippen molar-refractivity contribution in [2.24, 2.45) is 0 Å². The molecule has 0 spiro atoms. The smallest absolute Gasteiger partial charge is 0.338 e. The van der Waals surface area contributed by atoms with Crippen LogP contribution in [0.4, 0.5) is 5.69 Å². The van der Waals surface area contributed by atoms with Gasteiger partial charge in [0.1, 0.15) is 0 Å². The van der Waals surface area contributed by atoms with E-state index in [0.29, 0.717) is 21.7 Å². The molecule has 1 aliphatic heterocycles. The topological polar surface area (TPSA) is 83.9 Å². The molecule has 4 rings (SSSR count). The first-order chi connectivity index (χ1) is 15.8. The molecule has 1 aliphatic rings. The van der Waals surface area contributed by atoms with Gasteiger partial charge in [-0.15, -0.1) is 11.3 Å². The van der Waals surface area contributed by atoms with Crippen LogP contribution in [0, 0.1) is 6.92 Å². The molecule has 7 heteroatoms. The molecule has 0 bridgehead atoms. The number of carbonyl (C=O) groups excluding carboxylic acids is 3. The second-order valence-corrected chi connectivity index (χ2v) is 9.01. The highest BCUT2D eigenvalue weighted by Gasteiger charge is 2.44. The van der Waals surface area contributed by atoms with E-state index in [4.69, 9.17) is 4.74 Å². The lowest BCUT2D eigenvalue weighted by Crippen LogP contribution is -2.31. The number of hydrogen-bond donors (Lipinski definition) is 1. The molecular formula is C26H23NO5S. The van der Waals surface area contributed by atoms with Crippen LogP contribution in [0.5, 0.6) is 0 Å². The third-order valence-corrected chi connectivity index (χ3v) is 6.15. The molecule has 1 unspecified atom stereocenters. The molecule has 0 radical (unpaired) electrons. The van der Waals surface area contributed by atoms with E-state index in [1.807, 2.05) is 31.2 Å². The summed E-state index contributed by atoms with van der Waals surface area (Å²) in [7, 11) is 0. The van der Waals surface area contributed by atoms with Crippen molar-refractivity contribution in [2.75, 3.05) is 4.90 Å². The van der Waals surface area contributed by atoms with Gasteiger partial charge in [-0.05, 0) is 62.0 Å². The maximum atomic E-state index is 13.3. The molecule has 0 saturated heterocycles. The number of esters is 1. The molecular weight excluding hydrogens is 438 g/mol. The Labute approximate surface area is 195 Å². The van der Waals surface area contributed by atoms with Gasteiger partial charge in [-0.2, -0.15) is 0 Å². The summed E-state index contributed by atoms with van der Waals surface area (Å²) in [5.74, 6) is -2.09. The van der Waals surface area contributed by atoms with Crippen molar-refractivity contribution in [1.29, 1.82) is 0 Å². The van der Waals surface area contributed by atoms with Gasteiger partial charge < -0.3 is 9.84 Å². The number of carbonyl (C=O) groups is 3. The van der Waals surface area contributed by atoms with Gasteiger partial charge in [-0.25, -0.2) is 4.79 Å². The number of aryl methyl sites for hydroxylation is 1. The molecule has 6 nitrogen and oxygen atoms in total. The van der Waals surface area contributed by atoms with Gasteiger partial charge in [0.25, 0.3) is 5.91 Å². The first kappa shape index (κ1) is 22.5. The first-order valence-electron chi connectivity index (χ1n) is 10.5. The Morgan fingerprint density at radius 1 is 1.06 bits per heavy atom. The van der Waals surface area contributed by atoms with Crippen molar-refractivity contribution in [3.63, 3.8) is 0 Å². The molecule has 3 aromatic rings. The van der Waals surface area contributed by atoms with E-state index in [-0.39, 0.29) is 17.5 Å². The molecule has 0 aliphatic carbocycles. The first-order valence-corrected chi connectivity index (χ1v) is 11.4. The molecule has 1 atom stereocenters. The zero-order valence-corrected chi connectivity index (χ0v) is 19.3. The summed E-state index contributed by atoms with van der Waals surface area (Å²) >= 11 is 1.25. The van der Waals surface area contributed by atoms with E-state index in [1.54, 1.807) is 55.6 Å². The molecule has 168 valence electrons. The highest BCUT2D eigenvalue weighted by molar-refractivity contribution is 7.12. The Hall–Kier alpha value is -3.71. The SMILES string of the molecule is Cc1cccc(C2C(C(=O)c3cccs3)=C(O)C(=O)N2c2ccc(C(=O)OC(C)C)cc2)c1. The summed E-state index contributed by atoms with van der Waals surface area (Å²) in [5.41, 5.74) is 2.50. The zero-order chi connectivity index (χ0) is 23.7. The van der Waals surface area contributed by atoms with Crippen LogP contribution in [-0.2, 0) is 9.53 Å². The van der Waals surface area contributed by atoms with Crippen molar-refractivity contribution in [2.45, 2.75) is 32.9 Å². The van der Waals surface area contributed by atoms with Crippen molar-refractivity contribution < 1.29 is 24.2 Å². The lowest BCUT2D eigenvalue weighted by Gasteiger charge is -2.27. The van der Waals surface area contributed by atoms with Crippen molar-refractivity contribution in [3.05, 3.63) is 98.9 Å². The van der Waals surface area contributed by atoms with E-state index in [9.17, 15) is 19.5 Å². The summed E-state index contributed by atoms with van der Waals surface area (Å²) in [6.07, 6.45) is -0.255. The number of ketones is 1. The minimum atomic E-state index is -0.805. The number of benzene rings is 2. The van der Waals surface area contributed by atoms with E-state index in [0.717, 1.165) is 5.56 Å². The highest BCUT2D eigenvalue weighted by atomic mass is 32.1. The van der Waals surface area contributed by atoms with Crippen LogP contribution in [0.2, 0.25) is 0 Å². The second-order valence-electron chi connectivity index (χ2n) is 8.06. The third kappa shape index (κ3) is 4.32. The molecule has 33 heavy (non-hydrogen) atoms. The number of ether oxygens (including phenoxy) is 1. The number of rotatable bonds is 6. The fourth-order valence-corrected chi connectivity index (χ4v) is 4.52. The lowest BCUT2D eigenvalue weighted by molar-refractivity contribution is -0.117. The molecule has 1 amide bonds. The van der Waals surface area contributed by atoms with Gasteiger partial charge in [0.2, 0.25) is 5.78 Å². The van der Waals surface area contributed by atoms with Crippen molar-refractivity contribution in [1.82, 2.24) is 0 Å². The van der Waals surface area contributed by atoms with E-state index in [1.165, 1.54) is 16.2 Å². The fourth-order valence-electron chi connectivity index (χ4n) is 3.84. The van der Waals surface area contributed by atoms with Crippen molar-refractivity contribution in [3.8, 4) is 0 Å². The number of aliphatic hydroxyl groups excluding tert-OH is 1. The van der Waals surface area contributed by atoms with Gasteiger partial charge in [0.15, 0.2) is 5.76 Å². The Morgan fingerprint density at radius 3 is 2.39 bits per heavy atom. The van der Waals surface area contributed by atoms with Crippen molar-refractivity contribution >= 4 is 34.7 Å². The standard InChI is InChI=1S/C26H23NO5S/c1-15(2)32-26(31)17-9-11-19(12-10-17)27-22(18-7-4-6-16(3)14-18)21(24(29)25(27)30)23(28)20-8-5-13-33-20/h4-15,22,29H,1-3H3. The van der Waals surface area contributed by atoms with Crippen LogP contribution < -0.4 is 4.90 Å². The number of nitrogens with zero attached hydrogens (tertiary/aromatic N) is 1. The normalized spacial score (nSPS) is 15.9. The number of Topliss-reactive ketones (excluding diaryl/α,β-unsaturated/α-hetero) is 1. The average molecular weight is 462 g/mol. The largest absolute Gasteiger partial charge is 0.503 e. The predicted octanol–water partition coefficient (Wildman–Crippen LogP) is 5.40. The molecule has 0 saturated carbocycles. The number of amides is 1. The van der Waals surface area contributed by atoms with Crippen LogP contribution in [0.25, 0.3) is 0 Å². The van der Waals surface area contributed by atoms with Gasteiger partial charge in [0, 0.05) is 5.69 Å². The fraction of sp³-hybridized carbons (Fsp3) is 0.192. The third-order valence-electron chi connectivity index (χ3n) is 5.28. The Balaban J connectivity index is 1.78. The molecule has 0 fully saturated rings. The summed E-state index contributed by atoms with van der Waals surface area (Å²) in [4.78, 5) is 40.5. The molecule has 2 aromatic carbocycles. The van der Waals surface area contributed by atoms with Crippen LogP contribution in [0.3, 0.4) is 0 Å². The number of anilines is 1. The average Bonchev–Trinajstić information content (AvgIpc) is 3.41. The van der Waals surface area contributed by atoms with Crippen LogP contribution in [0.1, 0.15) is 51.0 Å². The van der Waals surface area contributed by atoms with E-state index in [2.05, 4.69) is 0 Å². The van der Waals surface area contributed by atoms with Crippen LogP contribution in [0.15, 0.2) is 77.4 Å². The Bertz CT molecular complexity index is 1240. The van der Waals surface area contributed by atoms with Crippen LogP contribution >= 0.6 is 11.3 Å². The van der Waals surface area contributed by atoms with E-state index >= 15 is 0 Å². The Morgan fingerprint density at radius 2 is 1.79 bits per heavy atom. The summed E-state index contributed by atoms with van der Waals surface area (Å²) in [5, 5.41) is 12.6. The number of thiophene rings is 1. The maximum absolute atomic E-state index is 13.3. The summed E-state index contributed by atoms with van der Waals surface area (Å²) in [6.45, 7) is 5.45. The van der Waals surface area contributed by atoms with Gasteiger partial charge in [0.05, 0.1) is 28.2 Å². The van der Waals surface area contributed by atoms with Gasteiger partial charge >= 0.3 is 5.97 Å². The highest BCUT2D eigenvalue weighted by Crippen LogP contribution is 2.42. The Kier molecular flexibility index (Phi) is 6.16. The van der Waals surface area contributed by atoms with Gasteiger partial charge in [-0.1, -0.05) is 35.9 Å². The van der Waals surface area contributed by atoms with Crippen LogP contribution in [-0.4, -0.2) is 28.9 Å². The van der Waals surface area contributed by atoms with E-state index < -0.39 is 23.7 Å². The molecule has 1 aromatic heterocycles. The predicted molar refractivity (Wildman–Crippen MR) is 127 cm³/mol. The minimum Gasteiger partial charge on any atom is -0.503 e. The maximum Gasteiger partial charge on any atom is 0.338 e. The summed E-state index contributed by atoms with van der Waals surface area (Å²) < 4.78 is 5.22. The zero-order valence-electron chi connectivity index (χ0n) is 18.4. The lowest BCUT2D eigenvalue weighted by atomic mass is 9.94. The quantitative estimate of drug-likeness (QED) is 0.392. The van der Waals surface area contributed by atoms with Gasteiger partial charge in [-0.3, -0.25) is 14.5 Å². The summed E-state index contributed by atoms with van der Waals surface area (Å²) in [6, 6.07) is 16.5.